The molecule has 0 aliphatic carbocycles. The smallest absolute Gasteiger partial charge is 0.360 e. The molecule has 0 spiro atoms. The maximum atomic E-state index is 11.1. The normalized spacial score (nSPS) is 10.6. The second kappa shape index (κ2) is 8.42. The van der Waals surface area contributed by atoms with Gasteiger partial charge in [-0.05, 0) is 12.2 Å². The van der Waals surface area contributed by atoms with E-state index in [4.69, 9.17) is 0 Å². The molecule has 0 rings (SSSR count). The Balaban J connectivity index is 4.03. The van der Waals surface area contributed by atoms with E-state index in [1.165, 1.54) is 0 Å². The Morgan fingerprint density at radius 2 is 1.53 bits per heavy atom. The molecule has 19 heavy (non-hydrogen) atoms. The molecule has 0 bridgehead atoms. The molecule has 9 heteroatoms. The van der Waals surface area contributed by atoms with Gasteiger partial charge in [-0.25, -0.2) is 9.59 Å². The Bertz CT molecular complexity index is 405. The number of aliphatic hydroxyl groups excluding tert-OH is 1. The molecule has 104 valence electrons. The first-order chi connectivity index (χ1) is 8.90. The molecule has 0 fully saturated rings. The van der Waals surface area contributed by atoms with Crippen LogP contribution in [0.1, 0.15) is 6.42 Å². The largest absolute Gasteiger partial charge is 0.381 e. The van der Waals surface area contributed by atoms with Crippen LogP contribution in [0, 0.1) is 0 Å². The molecule has 0 radical (unpaired) electrons. The Morgan fingerprint density at radius 3 is 2.00 bits per heavy atom. The molecular formula is C10H12N2O7. The van der Waals surface area contributed by atoms with Crippen LogP contribution in [0.3, 0.4) is 0 Å². The van der Waals surface area contributed by atoms with Crippen molar-refractivity contribution < 1.29 is 34.0 Å². The summed E-state index contributed by atoms with van der Waals surface area (Å²) in [5.41, 5.74) is 3.33. The molecule has 2 amide bonds. The molecule has 3 N–H and O–H groups in total. The molecule has 1 atom stereocenters. The summed E-state index contributed by atoms with van der Waals surface area (Å²) in [6.45, 7) is 6.19. The molecule has 9 nitrogen and oxygen atoms in total. The van der Waals surface area contributed by atoms with Crippen LogP contribution in [0.15, 0.2) is 25.3 Å². The fourth-order valence-electron chi connectivity index (χ4n) is 0.642. The lowest BCUT2D eigenvalue weighted by molar-refractivity contribution is -0.170. The minimum atomic E-state index is -1.86. The summed E-state index contributed by atoms with van der Waals surface area (Å²) in [5, 5.41) is 9.21. The SMILES string of the molecule is C=CC(=O)NOC(=O)CC(O)C(=O)ONC(=O)C=C. The zero-order chi connectivity index (χ0) is 14.8. The number of nitrogens with one attached hydrogen (secondary N) is 2. The van der Waals surface area contributed by atoms with E-state index >= 15 is 0 Å². The quantitative estimate of drug-likeness (QED) is 0.400. The van der Waals surface area contributed by atoms with Crippen molar-refractivity contribution in [3.8, 4) is 0 Å². The van der Waals surface area contributed by atoms with Gasteiger partial charge in [-0.15, -0.1) is 0 Å². The van der Waals surface area contributed by atoms with Crippen molar-refractivity contribution in [2.24, 2.45) is 0 Å². The number of carbonyl (C=O) groups excluding carboxylic acids is 4. The van der Waals surface area contributed by atoms with E-state index in [1.54, 1.807) is 11.0 Å². The van der Waals surface area contributed by atoms with Gasteiger partial charge in [0.15, 0.2) is 6.10 Å². The maximum absolute atomic E-state index is 11.1. The van der Waals surface area contributed by atoms with E-state index in [-0.39, 0.29) is 0 Å². The zero-order valence-corrected chi connectivity index (χ0v) is 9.75. The van der Waals surface area contributed by atoms with Crippen LogP contribution in [0.4, 0.5) is 0 Å². The minimum absolute atomic E-state index is 0.774. The van der Waals surface area contributed by atoms with E-state index in [0.717, 1.165) is 12.2 Å². The van der Waals surface area contributed by atoms with Gasteiger partial charge in [0.1, 0.15) is 0 Å². The minimum Gasteiger partial charge on any atom is -0.381 e. The van der Waals surface area contributed by atoms with Crippen molar-refractivity contribution in [3.05, 3.63) is 25.3 Å². The van der Waals surface area contributed by atoms with Gasteiger partial charge in [0.25, 0.3) is 11.8 Å². The second-order valence-electron chi connectivity index (χ2n) is 2.96. The first kappa shape index (κ1) is 16.3. The monoisotopic (exact) mass is 272 g/mol. The number of carbonyl (C=O) groups is 4. The van der Waals surface area contributed by atoms with Crippen molar-refractivity contribution in [2.45, 2.75) is 12.5 Å². The topological polar surface area (TPSA) is 131 Å². The van der Waals surface area contributed by atoms with Gasteiger partial charge in [-0.1, -0.05) is 13.2 Å². The molecule has 0 heterocycles. The zero-order valence-electron chi connectivity index (χ0n) is 9.75. The fraction of sp³-hybridized carbons (Fsp3) is 0.200. The van der Waals surface area contributed by atoms with Gasteiger partial charge in [-0.2, -0.15) is 11.0 Å². The van der Waals surface area contributed by atoms with E-state index in [9.17, 15) is 24.3 Å². The molecule has 0 saturated carbocycles. The highest BCUT2D eigenvalue weighted by Crippen LogP contribution is 1.96. The van der Waals surface area contributed by atoms with Gasteiger partial charge in [0.05, 0.1) is 6.42 Å². The summed E-state index contributed by atoms with van der Waals surface area (Å²) in [7, 11) is 0. The van der Waals surface area contributed by atoms with Gasteiger partial charge in [0, 0.05) is 0 Å². The van der Waals surface area contributed by atoms with Crippen molar-refractivity contribution in [2.75, 3.05) is 0 Å². The summed E-state index contributed by atoms with van der Waals surface area (Å²) in [6, 6.07) is 0. The lowest BCUT2D eigenvalue weighted by atomic mass is 10.2. The number of rotatable bonds is 5. The third-order valence-electron chi connectivity index (χ3n) is 1.52. The summed E-state index contributed by atoms with van der Waals surface area (Å²) in [5.74, 6) is -3.94. The van der Waals surface area contributed by atoms with E-state index in [2.05, 4.69) is 22.8 Å². The van der Waals surface area contributed by atoms with Crippen molar-refractivity contribution in [1.82, 2.24) is 11.0 Å². The summed E-state index contributed by atoms with van der Waals surface area (Å²) in [4.78, 5) is 51.7. The summed E-state index contributed by atoms with van der Waals surface area (Å²) >= 11 is 0. The Hall–Kier alpha value is -2.68. The van der Waals surface area contributed by atoms with E-state index in [0.29, 0.717) is 0 Å². The lowest BCUT2D eigenvalue weighted by Crippen LogP contribution is -2.35. The number of hydrogen-bond acceptors (Lipinski definition) is 7. The average Bonchev–Trinajstić information content (AvgIpc) is 2.41. The highest BCUT2D eigenvalue weighted by Gasteiger charge is 2.22. The molecular weight excluding hydrogens is 260 g/mol. The predicted octanol–water partition coefficient (Wildman–Crippen LogP) is -1.74. The van der Waals surface area contributed by atoms with E-state index in [1.807, 2.05) is 0 Å². The second-order valence-corrected chi connectivity index (χ2v) is 2.96. The third kappa shape index (κ3) is 7.28. The molecule has 0 aromatic rings. The maximum Gasteiger partial charge on any atom is 0.360 e. The first-order valence-electron chi connectivity index (χ1n) is 4.84. The van der Waals surface area contributed by atoms with Gasteiger partial charge >= 0.3 is 11.9 Å². The van der Waals surface area contributed by atoms with Crippen LogP contribution >= 0.6 is 0 Å². The number of amides is 2. The van der Waals surface area contributed by atoms with Crippen LogP contribution < -0.4 is 11.0 Å². The van der Waals surface area contributed by atoms with Crippen molar-refractivity contribution in [1.29, 1.82) is 0 Å². The molecule has 0 saturated heterocycles. The highest BCUT2D eigenvalue weighted by molar-refractivity contribution is 5.89. The predicted molar refractivity (Wildman–Crippen MR) is 59.5 cm³/mol. The van der Waals surface area contributed by atoms with Gasteiger partial charge in [-0.3, -0.25) is 9.59 Å². The summed E-state index contributed by atoms with van der Waals surface area (Å²) in [6.07, 6.45) is -0.958. The Labute approximate surface area is 107 Å². The average molecular weight is 272 g/mol. The van der Waals surface area contributed by atoms with E-state index < -0.39 is 36.3 Å². The first-order valence-corrected chi connectivity index (χ1v) is 4.84. The molecule has 0 aliphatic heterocycles. The number of aliphatic hydroxyl groups is 1. The van der Waals surface area contributed by atoms with Crippen LogP contribution in [-0.2, 0) is 28.9 Å². The molecule has 0 aromatic carbocycles. The van der Waals surface area contributed by atoms with Crippen molar-refractivity contribution >= 4 is 23.8 Å². The Kier molecular flexibility index (Phi) is 7.23. The Morgan fingerprint density at radius 1 is 1.05 bits per heavy atom. The third-order valence-corrected chi connectivity index (χ3v) is 1.52. The van der Waals surface area contributed by atoms with Crippen LogP contribution in [0.25, 0.3) is 0 Å². The molecule has 0 aliphatic rings. The van der Waals surface area contributed by atoms with Crippen LogP contribution in [-0.4, -0.2) is 35.0 Å². The highest BCUT2D eigenvalue weighted by atomic mass is 16.7. The van der Waals surface area contributed by atoms with Gasteiger partial charge < -0.3 is 14.8 Å². The fourth-order valence-corrected chi connectivity index (χ4v) is 0.642. The molecule has 1 unspecified atom stereocenters. The van der Waals surface area contributed by atoms with Gasteiger partial charge in [0.2, 0.25) is 0 Å². The van der Waals surface area contributed by atoms with Crippen LogP contribution in [0.2, 0.25) is 0 Å². The molecule has 0 aromatic heterocycles. The summed E-state index contributed by atoms with van der Waals surface area (Å²) < 4.78 is 0. The number of hydroxylamine groups is 2. The lowest BCUT2D eigenvalue weighted by Gasteiger charge is -2.09. The van der Waals surface area contributed by atoms with Crippen molar-refractivity contribution in [3.63, 3.8) is 0 Å². The standard InChI is InChI=1S/C10H12N2O7/c1-3-7(14)11-18-9(16)5-6(13)10(17)19-12-8(15)4-2/h3-4,6,13H,1-2,5H2,(H,11,14)(H,12,15). The van der Waals surface area contributed by atoms with Crippen LogP contribution in [0.5, 0.6) is 0 Å². The number of hydrogen-bond donors (Lipinski definition) is 3.